The van der Waals surface area contributed by atoms with E-state index >= 15 is 0 Å². The van der Waals surface area contributed by atoms with Crippen molar-refractivity contribution in [3.8, 4) is 0 Å². The number of fused-ring (bicyclic) bond motifs is 1. The van der Waals surface area contributed by atoms with Gasteiger partial charge in [0.2, 0.25) is 0 Å². The quantitative estimate of drug-likeness (QED) is 0.868. The van der Waals surface area contributed by atoms with Gasteiger partial charge in [-0.25, -0.2) is 4.39 Å². The smallest absolute Gasteiger partial charge is 0.314 e. The molecule has 1 aliphatic rings. The number of carboxylic acid groups (broad SMARTS) is 1. The Balaban J connectivity index is 2.32. The summed E-state index contributed by atoms with van der Waals surface area (Å²) in [5.41, 5.74) is -0.521. The van der Waals surface area contributed by atoms with E-state index in [0.29, 0.717) is 18.4 Å². The van der Waals surface area contributed by atoms with Crippen molar-refractivity contribution >= 4 is 16.9 Å². The molecule has 1 heterocycles. The first-order chi connectivity index (χ1) is 8.15. The summed E-state index contributed by atoms with van der Waals surface area (Å²) >= 11 is 0. The Morgan fingerprint density at radius 1 is 1.35 bits per heavy atom. The molecule has 2 aromatic rings. The zero-order valence-corrected chi connectivity index (χ0v) is 9.07. The molecule has 0 atom stereocenters. The highest BCUT2D eigenvalue weighted by atomic mass is 19.1. The predicted molar refractivity (Wildman–Crippen MR) is 59.3 cm³/mol. The molecule has 0 aliphatic heterocycles. The average molecular weight is 234 g/mol. The minimum atomic E-state index is -1.10. The van der Waals surface area contributed by atoms with Gasteiger partial charge in [-0.1, -0.05) is 6.42 Å². The summed E-state index contributed by atoms with van der Waals surface area (Å²) in [7, 11) is 0. The molecule has 0 saturated heterocycles. The molecular formula is C13H11FO3. The molecule has 1 aromatic carbocycles. The number of rotatable bonds is 2. The highest BCUT2D eigenvalue weighted by Gasteiger charge is 2.49. The summed E-state index contributed by atoms with van der Waals surface area (Å²) in [5.74, 6) is -1.46. The van der Waals surface area contributed by atoms with E-state index in [1.165, 1.54) is 12.3 Å². The molecule has 0 unspecified atom stereocenters. The topological polar surface area (TPSA) is 50.4 Å². The summed E-state index contributed by atoms with van der Waals surface area (Å²) in [6.45, 7) is 0. The van der Waals surface area contributed by atoms with Crippen molar-refractivity contribution in [2.45, 2.75) is 24.7 Å². The zero-order chi connectivity index (χ0) is 12.0. The van der Waals surface area contributed by atoms with Gasteiger partial charge in [0.1, 0.15) is 11.4 Å². The van der Waals surface area contributed by atoms with Crippen LogP contribution in [0, 0.1) is 5.82 Å². The Morgan fingerprint density at radius 3 is 2.71 bits per heavy atom. The molecule has 0 bridgehead atoms. The van der Waals surface area contributed by atoms with Crippen molar-refractivity contribution in [1.82, 2.24) is 0 Å². The first-order valence-corrected chi connectivity index (χ1v) is 5.55. The molecular weight excluding hydrogens is 223 g/mol. The maximum absolute atomic E-state index is 14.0. The lowest BCUT2D eigenvalue weighted by molar-refractivity contribution is -0.147. The summed E-state index contributed by atoms with van der Waals surface area (Å²) in [4.78, 5) is 11.4. The van der Waals surface area contributed by atoms with Crippen LogP contribution in [0.3, 0.4) is 0 Å². The number of halogens is 1. The van der Waals surface area contributed by atoms with Crippen LogP contribution in [0.5, 0.6) is 0 Å². The van der Waals surface area contributed by atoms with Gasteiger partial charge < -0.3 is 9.52 Å². The van der Waals surface area contributed by atoms with Crippen molar-refractivity contribution in [3.05, 3.63) is 35.8 Å². The van der Waals surface area contributed by atoms with Crippen LogP contribution in [0.2, 0.25) is 0 Å². The third kappa shape index (κ3) is 1.24. The van der Waals surface area contributed by atoms with Gasteiger partial charge in [-0.2, -0.15) is 0 Å². The van der Waals surface area contributed by atoms with E-state index in [9.17, 15) is 14.3 Å². The number of benzene rings is 1. The molecule has 88 valence electrons. The fourth-order valence-electron chi connectivity index (χ4n) is 2.56. The fraction of sp³-hybridized carbons (Fsp3) is 0.308. The van der Waals surface area contributed by atoms with Crippen molar-refractivity contribution < 1.29 is 18.7 Å². The van der Waals surface area contributed by atoms with Gasteiger partial charge in [0.25, 0.3) is 0 Å². The molecule has 0 spiro atoms. The van der Waals surface area contributed by atoms with Gasteiger partial charge in [0.05, 0.1) is 11.7 Å². The first-order valence-electron chi connectivity index (χ1n) is 5.55. The third-order valence-corrected chi connectivity index (χ3v) is 3.67. The number of carbonyl (C=O) groups is 1. The number of carboxylic acids is 1. The van der Waals surface area contributed by atoms with Crippen molar-refractivity contribution in [1.29, 1.82) is 0 Å². The molecule has 1 N–H and O–H groups in total. The number of hydrogen-bond donors (Lipinski definition) is 1. The van der Waals surface area contributed by atoms with E-state index in [0.717, 1.165) is 11.8 Å². The molecule has 3 rings (SSSR count). The lowest BCUT2D eigenvalue weighted by atomic mass is 9.64. The van der Waals surface area contributed by atoms with Gasteiger partial charge in [-0.05, 0) is 31.0 Å². The summed E-state index contributed by atoms with van der Waals surface area (Å²) in [5, 5.41) is 10.1. The van der Waals surface area contributed by atoms with Gasteiger partial charge in [0, 0.05) is 10.9 Å². The van der Waals surface area contributed by atoms with Crippen LogP contribution < -0.4 is 0 Å². The monoisotopic (exact) mass is 234 g/mol. The van der Waals surface area contributed by atoms with Crippen LogP contribution in [0.1, 0.15) is 24.8 Å². The Bertz CT molecular complexity index is 596. The Kier molecular flexibility index (Phi) is 2.02. The van der Waals surface area contributed by atoms with Crippen LogP contribution in [0.25, 0.3) is 11.0 Å². The zero-order valence-electron chi connectivity index (χ0n) is 9.07. The van der Waals surface area contributed by atoms with E-state index in [-0.39, 0.29) is 5.56 Å². The van der Waals surface area contributed by atoms with Crippen LogP contribution >= 0.6 is 0 Å². The largest absolute Gasteiger partial charge is 0.481 e. The highest BCUT2D eigenvalue weighted by Crippen LogP contribution is 2.47. The van der Waals surface area contributed by atoms with Crippen LogP contribution in [-0.2, 0) is 10.2 Å². The van der Waals surface area contributed by atoms with Crippen LogP contribution in [0.15, 0.2) is 28.9 Å². The molecule has 1 saturated carbocycles. The van der Waals surface area contributed by atoms with Gasteiger partial charge in [0.15, 0.2) is 0 Å². The van der Waals surface area contributed by atoms with Gasteiger partial charge in [-0.15, -0.1) is 0 Å². The normalized spacial score (nSPS) is 17.9. The van der Waals surface area contributed by atoms with Gasteiger partial charge in [-0.3, -0.25) is 4.79 Å². The standard InChI is InChI=1S/C13H11FO3/c14-9-3-2-8-4-7-17-11(8)10(9)13(12(15)16)5-1-6-13/h2-4,7H,1,5-6H2,(H,15,16). The minimum absolute atomic E-state index is 0.207. The number of aliphatic carboxylic acids is 1. The lowest BCUT2D eigenvalue weighted by Gasteiger charge is -2.38. The predicted octanol–water partition coefficient (Wildman–Crippen LogP) is 3.08. The first kappa shape index (κ1) is 10.3. The summed E-state index contributed by atoms with van der Waals surface area (Å²) < 4.78 is 19.2. The molecule has 3 nitrogen and oxygen atoms in total. The van der Waals surface area contributed by atoms with E-state index in [1.54, 1.807) is 12.1 Å². The number of furan rings is 1. The maximum Gasteiger partial charge on any atom is 0.314 e. The molecule has 0 amide bonds. The molecule has 4 heteroatoms. The van der Waals surface area contributed by atoms with Crippen LogP contribution in [0.4, 0.5) is 4.39 Å². The summed E-state index contributed by atoms with van der Waals surface area (Å²) in [6, 6.07) is 4.63. The minimum Gasteiger partial charge on any atom is -0.481 e. The summed E-state index contributed by atoms with van der Waals surface area (Å²) in [6.07, 6.45) is 3.21. The SMILES string of the molecule is O=C(O)C1(c2c(F)ccc3ccoc23)CCC1. The van der Waals surface area contributed by atoms with Gasteiger partial charge >= 0.3 is 5.97 Å². The highest BCUT2D eigenvalue weighted by molar-refractivity contribution is 5.91. The Labute approximate surface area is 96.8 Å². The molecule has 1 aliphatic carbocycles. The van der Waals surface area contributed by atoms with Crippen LogP contribution in [-0.4, -0.2) is 11.1 Å². The van der Waals surface area contributed by atoms with E-state index in [1.807, 2.05) is 0 Å². The number of hydrogen-bond acceptors (Lipinski definition) is 2. The van der Waals surface area contributed by atoms with E-state index < -0.39 is 17.2 Å². The Hall–Kier alpha value is -1.84. The Morgan fingerprint density at radius 2 is 2.12 bits per heavy atom. The van der Waals surface area contributed by atoms with E-state index in [4.69, 9.17) is 4.42 Å². The second kappa shape index (κ2) is 3.32. The lowest BCUT2D eigenvalue weighted by Crippen LogP contribution is -2.43. The molecule has 1 fully saturated rings. The maximum atomic E-state index is 14.0. The molecule has 0 radical (unpaired) electrons. The molecule has 1 aromatic heterocycles. The second-order valence-corrected chi connectivity index (χ2v) is 4.50. The van der Waals surface area contributed by atoms with Crippen molar-refractivity contribution in [3.63, 3.8) is 0 Å². The molecule has 17 heavy (non-hydrogen) atoms. The fourth-order valence-corrected chi connectivity index (χ4v) is 2.56. The van der Waals surface area contributed by atoms with Crippen molar-refractivity contribution in [2.75, 3.05) is 0 Å². The second-order valence-electron chi connectivity index (χ2n) is 4.50. The third-order valence-electron chi connectivity index (χ3n) is 3.67. The van der Waals surface area contributed by atoms with Crippen molar-refractivity contribution in [2.24, 2.45) is 0 Å². The average Bonchev–Trinajstić information content (AvgIpc) is 2.67. The van der Waals surface area contributed by atoms with E-state index in [2.05, 4.69) is 0 Å².